The van der Waals surface area contributed by atoms with Crippen LogP contribution in [0.3, 0.4) is 0 Å². The largest absolute Gasteiger partial charge is 0.361 e. The lowest BCUT2D eigenvalue weighted by molar-refractivity contribution is -0.113. The molecule has 0 unspecified atom stereocenters. The third kappa shape index (κ3) is 2.90. The fourth-order valence-corrected chi connectivity index (χ4v) is 6.33. The molecule has 4 amide bonds. The average molecular weight is 522 g/mol. The van der Waals surface area contributed by atoms with Gasteiger partial charge in [-0.05, 0) is 49.2 Å². The molecule has 0 radical (unpaired) electrons. The fourth-order valence-electron chi connectivity index (χ4n) is 6.33. The second kappa shape index (κ2) is 7.91. The lowest BCUT2D eigenvalue weighted by Crippen LogP contribution is -2.26. The van der Waals surface area contributed by atoms with Gasteiger partial charge in [0.2, 0.25) is 55.6 Å². The highest BCUT2D eigenvalue weighted by molar-refractivity contribution is 6.60. The van der Waals surface area contributed by atoms with Gasteiger partial charge in [0.1, 0.15) is 0 Å². The van der Waals surface area contributed by atoms with Crippen LogP contribution in [0.15, 0.2) is 48.5 Å². The van der Waals surface area contributed by atoms with E-state index < -0.39 is 0 Å². The van der Waals surface area contributed by atoms with Crippen molar-refractivity contribution in [3.8, 4) is 0 Å². The van der Waals surface area contributed by atoms with E-state index in [1.165, 1.54) is 9.62 Å². The standard InChI is InChI=1S/C28H22B4N4O4/c1-11-3-5-13-17(7-11)33(29)25(37)21(13)23-15-9-20-16(10-19(15)35(31)27(23)39)24(28(40)36(20)32)22-14-6-4-12(2)8-18(14)34(30)26(22)38/h3-10H,29-32H2,1-2H3/b23-21+,24-22+. The summed E-state index contributed by atoms with van der Waals surface area (Å²) in [5.74, 6) is -1.07. The SMILES string of the molecule is BN1C(=O)/C(=C2/C(=O)N(B)c3cc4c(cc32)N(B)C(=O)/C4=C2/C(=O)N(B)c3cc(C)ccc32)c2ccc(C)cc21. The van der Waals surface area contributed by atoms with Crippen LogP contribution in [0.2, 0.25) is 0 Å². The van der Waals surface area contributed by atoms with Crippen molar-refractivity contribution in [1.82, 2.24) is 0 Å². The normalized spacial score (nSPS) is 21.1. The molecule has 0 aromatic heterocycles. The van der Waals surface area contributed by atoms with E-state index in [0.717, 1.165) is 22.5 Å². The molecule has 12 heteroatoms. The molecule has 8 nitrogen and oxygen atoms in total. The summed E-state index contributed by atoms with van der Waals surface area (Å²) in [6.07, 6.45) is 0. The fraction of sp³-hybridized carbons (Fsp3) is 0.0714. The molecule has 0 bridgehead atoms. The lowest BCUT2D eigenvalue weighted by Gasteiger charge is -2.13. The van der Waals surface area contributed by atoms with Gasteiger partial charge >= 0.3 is 0 Å². The van der Waals surface area contributed by atoms with E-state index in [0.29, 0.717) is 55.9 Å². The molecule has 3 aromatic rings. The summed E-state index contributed by atoms with van der Waals surface area (Å²) in [5.41, 5.74) is 8.68. The minimum absolute atomic E-state index is 0.246. The van der Waals surface area contributed by atoms with Crippen molar-refractivity contribution in [2.24, 2.45) is 0 Å². The van der Waals surface area contributed by atoms with Crippen molar-refractivity contribution < 1.29 is 19.2 Å². The minimum atomic E-state index is -0.287. The number of aryl methyl sites for hydroxylation is 2. The first-order valence-corrected chi connectivity index (χ1v) is 13.0. The molecule has 3 aromatic carbocycles. The topological polar surface area (TPSA) is 81.2 Å². The van der Waals surface area contributed by atoms with Crippen molar-refractivity contribution in [2.45, 2.75) is 13.8 Å². The van der Waals surface area contributed by atoms with Crippen molar-refractivity contribution in [3.63, 3.8) is 0 Å². The maximum absolute atomic E-state index is 13.7. The second-order valence-electron chi connectivity index (χ2n) is 10.9. The monoisotopic (exact) mass is 522 g/mol. The summed E-state index contributed by atoms with van der Waals surface area (Å²) >= 11 is 0. The molecule has 0 aliphatic carbocycles. The van der Waals surface area contributed by atoms with E-state index in [9.17, 15) is 19.2 Å². The Bertz CT molecular complexity index is 1750. The second-order valence-corrected chi connectivity index (χ2v) is 10.9. The van der Waals surface area contributed by atoms with Crippen molar-refractivity contribution in [1.29, 1.82) is 0 Å². The van der Waals surface area contributed by atoms with E-state index in [1.807, 2.05) is 50.2 Å². The van der Waals surface area contributed by atoms with Gasteiger partial charge in [-0.3, -0.25) is 19.2 Å². The molecule has 0 spiro atoms. The van der Waals surface area contributed by atoms with Crippen LogP contribution in [-0.2, 0) is 19.2 Å². The van der Waals surface area contributed by atoms with Crippen molar-refractivity contribution >= 4 is 101 Å². The first-order chi connectivity index (χ1) is 19.0. The third-order valence-electron chi connectivity index (χ3n) is 8.52. The molecule has 0 fully saturated rings. The number of anilines is 4. The van der Waals surface area contributed by atoms with Crippen LogP contribution in [0.25, 0.3) is 22.3 Å². The predicted octanol–water partition coefficient (Wildman–Crippen LogP) is -0.296. The minimum Gasteiger partial charge on any atom is -0.361 e. The zero-order valence-electron chi connectivity index (χ0n) is 23.0. The van der Waals surface area contributed by atoms with E-state index in [-0.39, 0.29) is 23.6 Å². The summed E-state index contributed by atoms with van der Waals surface area (Å²) in [6, 6.07) is 15.1. The van der Waals surface area contributed by atoms with E-state index in [2.05, 4.69) is 0 Å². The number of carbonyl (C=O) groups excluding carboxylic acids is 4. The molecule has 0 saturated carbocycles. The summed E-state index contributed by atoms with van der Waals surface area (Å²) < 4.78 is 0. The highest BCUT2D eigenvalue weighted by Crippen LogP contribution is 2.52. The molecule has 190 valence electrons. The number of fused-ring (bicyclic) bond motifs is 4. The van der Waals surface area contributed by atoms with Crippen molar-refractivity contribution in [2.75, 3.05) is 19.2 Å². The zero-order valence-corrected chi connectivity index (χ0v) is 23.0. The van der Waals surface area contributed by atoms with Crippen LogP contribution < -0.4 is 19.2 Å². The van der Waals surface area contributed by atoms with Gasteiger partial charge in [-0.25, -0.2) is 0 Å². The van der Waals surface area contributed by atoms with Crippen LogP contribution in [0.1, 0.15) is 33.4 Å². The van der Waals surface area contributed by atoms with E-state index >= 15 is 0 Å². The highest BCUT2D eigenvalue weighted by atomic mass is 16.2. The molecule has 40 heavy (non-hydrogen) atoms. The van der Waals surface area contributed by atoms with E-state index in [1.54, 1.807) is 53.7 Å². The Labute approximate surface area is 234 Å². The zero-order chi connectivity index (χ0) is 28.4. The summed E-state index contributed by atoms with van der Waals surface area (Å²) in [6.45, 7) is 3.92. The van der Waals surface area contributed by atoms with Gasteiger partial charge in [0, 0.05) is 45.0 Å². The predicted molar refractivity (Wildman–Crippen MR) is 167 cm³/mol. The molecular formula is C28H22B4N4O4. The maximum Gasteiger partial charge on any atom is 0.247 e. The van der Waals surface area contributed by atoms with Crippen LogP contribution in [0.5, 0.6) is 0 Å². The number of rotatable bonds is 0. The van der Waals surface area contributed by atoms with Gasteiger partial charge in [0.25, 0.3) is 0 Å². The molecular weight excluding hydrogens is 500 g/mol. The summed E-state index contributed by atoms with van der Waals surface area (Å²) in [7, 11) is 6.75. The number of amides is 4. The van der Waals surface area contributed by atoms with Crippen molar-refractivity contribution in [3.05, 3.63) is 81.9 Å². The number of benzene rings is 3. The first kappa shape index (κ1) is 24.3. The van der Waals surface area contributed by atoms with Crippen LogP contribution in [-0.4, -0.2) is 55.6 Å². The quantitative estimate of drug-likeness (QED) is 0.301. The Hall–Kier alpha value is -4.72. The molecule has 7 rings (SSSR count). The first-order valence-electron chi connectivity index (χ1n) is 13.0. The molecule has 4 aliphatic rings. The van der Waals surface area contributed by atoms with Gasteiger partial charge in [-0.2, -0.15) is 0 Å². The molecule has 0 N–H and O–H groups in total. The Balaban J connectivity index is 1.49. The Morgan fingerprint density at radius 2 is 0.700 bits per heavy atom. The third-order valence-corrected chi connectivity index (χ3v) is 8.52. The summed E-state index contributed by atoms with van der Waals surface area (Å²) in [5, 5.41) is 0. The van der Waals surface area contributed by atoms with Gasteiger partial charge in [-0.1, -0.05) is 24.3 Å². The van der Waals surface area contributed by atoms with Gasteiger partial charge in [-0.15, -0.1) is 0 Å². The van der Waals surface area contributed by atoms with Gasteiger partial charge < -0.3 is 19.2 Å². The Morgan fingerprint density at radius 1 is 0.425 bits per heavy atom. The Morgan fingerprint density at radius 3 is 1.02 bits per heavy atom. The number of nitrogens with zero attached hydrogens (tertiary/aromatic N) is 4. The van der Waals surface area contributed by atoms with Gasteiger partial charge in [0.05, 0.1) is 22.3 Å². The van der Waals surface area contributed by atoms with Crippen LogP contribution in [0.4, 0.5) is 22.7 Å². The smallest absolute Gasteiger partial charge is 0.247 e. The van der Waals surface area contributed by atoms with Crippen LogP contribution in [0, 0.1) is 13.8 Å². The number of hydrogen-bond acceptors (Lipinski definition) is 4. The van der Waals surface area contributed by atoms with Gasteiger partial charge in [0.15, 0.2) is 0 Å². The Kier molecular flexibility index (Phi) is 4.81. The van der Waals surface area contributed by atoms with E-state index in [4.69, 9.17) is 0 Å². The average Bonchev–Trinajstić information content (AvgIpc) is 3.51. The number of carbonyl (C=O) groups is 4. The lowest BCUT2D eigenvalue weighted by atomic mass is 9.92. The molecule has 0 saturated heterocycles. The molecule has 0 atom stereocenters. The summed E-state index contributed by atoms with van der Waals surface area (Å²) in [4.78, 5) is 60.6. The van der Waals surface area contributed by atoms with Crippen LogP contribution >= 0.6 is 0 Å². The maximum atomic E-state index is 13.7. The molecule has 4 aliphatic heterocycles. The molecule has 4 heterocycles. The number of hydrogen-bond donors (Lipinski definition) is 0. The highest BCUT2D eigenvalue weighted by Gasteiger charge is 2.44.